The van der Waals surface area contributed by atoms with Gasteiger partial charge in [-0.3, -0.25) is 0 Å². The Labute approximate surface area is 143 Å². The van der Waals surface area contributed by atoms with Crippen LogP contribution < -0.4 is 10.1 Å². The van der Waals surface area contributed by atoms with Crippen molar-refractivity contribution in [2.75, 3.05) is 7.05 Å². The number of benzene rings is 2. The van der Waals surface area contributed by atoms with Crippen molar-refractivity contribution in [3.8, 4) is 5.75 Å². The fourth-order valence-electron chi connectivity index (χ4n) is 1.96. The van der Waals surface area contributed by atoms with Crippen molar-refractivity contribution in [2.24, 2.45) is 0 Å². The number of hydrogen-bond donors (Lipinski definition) is 1. The van der Waals surface area contributed by atoms with Crippen molar-refractivity contribution in [2.45, 2.75) is 19.6 Å². The number of hydrogen-bond acceptors (Lipinski definition) is 2. The molecule has 0 saturated heterocycles. The first-order chi connectivity index (χ1) is 10.0. The van der Waals surface area contributed by atoms with Crippen molar-refractivity contribution < 1.29 is 4.74 Å². The van der Waals surface area contributed by atoms with E-state index in [9.17, 15) is 0 Å². The molecular formula is C16H16BrCl2NO. The summed E-state index contributed by atoms with van der Waals surface area (Å²) >= 11 is 15.8. The molecule has 5 heteroatoms. The Balaban J connectivity index is 2.24. The predicted molar refractivity (Wildman–Crippen MR) is 92.4 cm³/mol. The molecule has 0 fully saturated rings. The van der Waals surface area contributed by atoms with E-state index in [0.29, 0.717) is 16.7 Å². The first kappa shape index (κ1) is 16.6. The van der Waals surface area contributed by atoms with E-state index < -0.39 is 0 Å². The van der Waals surface area contributed by atoms with E-state index in [1.54, 1.807) is 0 Å². The zero-order valence-corrected chi connectivity index (χ0v) is 14.9. The van der Waals surface area contributed by atoms with E-state index in [4.69, 9.17) is 27.9 Å². The topological polar surface area (TPSA) is 21.3 Å². The maximum absolute atomic E-state index is 6.17. The molecule has 0 bridgehead atoms. The summed E-state index contributed by atoms with van der Waals surface area (Å²) in [5.41, 5.74) is 1.88. The highest BCUT2D eigenvalue weighted by atomic mass is 79.9. The van der Waals surface area contributed by atoms with Crippen LogP contribution in [-0.4, -0.2) is 7.05 Å². The highest BCUT2D eigenvalue weighted by Gasteiger charge is 2.12. The zero-order chi connectivity index (χ0) is 15.4. The Morgan fingerprint density at radius 2 is 1.86 bits per heavy atom. The highest BCUT2D eigenvalue weighted by Crippen LogP contribution is 2.31. The Kier molecular flexibility index (Phi) is 5.94. The molecule has 0 radical (unpaired) electrons. The molecule has 1 N–H and O–H groups in total. The Hall–Kier alpha value is -0.740. The van der Waals surface area contributed by atoms with Crippen molar-refractivity contribution in [3.05, 3.63) is 62.0 Å². The van der Waals surface area contributed by atoms with E-state index in [1.165, 1.54) is 0 Å². The second kappa shape index (κ2) is 7.50. The van der Waals surface area contributed by atoms with Gasteiger partial charge >= 0.3 is 0 Å². The summed E-state index contributed by atoms with van der Waals surface area (Å²) in [5.74, 6) is 0.816. The summed E-state index contributed by atoms with van der Waals surface area (Å²) in [5, 5.41) is 4.44. The summed E-state index contributed by atoms with van der Waals surface area (Å²) in [7, 11) is 1.92. The van der Waals surface area contributed by atoms with Crippen molar-refractivity contribution in [1.82, 2.24) is 5.32 Å². The average molecular weight is 389 g/mol. The predicted octanol–water partition coefficient (Wildman–Crippen LogP) is 5.62. The molecule has 0 saturated carbocycles. The molecule has 1 unspecified atom stereocenters. The van der Waals surface area contributed by atoms with Gasteiger partial charge in [-0.1, -0.05) is 45.2 Å². The largest absolute Gasteiger partial charge is 0.488 e. The third-order valence-electron chi connectivity index (χ3n) is 3.31. The van der Waals surface area contributed by atoms with Crippen molar-refractivity contribution in [3.63, 3.8) is 0 Å². The van der Waals surface area contributed by atoms with Crippen LogP contribution in [0.25, 0.3) is 0 Å². The SMILES string of the molecule is CNC(C)c1cc(Br)ccc1OCc1c(Cl)cccc1Cl. The summed E-state index contributed by atoms with van der Waals surface area (Å²) < 4.78 is 6.95. The van der Waals surface area contributed by atoms with Gasteiger partial charge in [-0.25, -0.2) is 0 Å². The van der Waals surface area contributed by atoms with Crippen LogP contribution in [0.5, 0.6) is 5.75 Å². The molecule has 0 aliphatic carbocycles. The molecule has 2 aromatic carbocycles. The first-order valence-corrected chi connectivity index (χ1v) is 8.10. The second-order valence-corrected chi connectivity index (χ2v) is 6.41. The van der Waals surface area contributed by atoms with Crippen molar-refractivity contribution in [1.29, 1.82) is 0 Å². The third-order valence-corrected chi connectivity index (χ3v) is 4.51. The highest BCUT2D eigenvalue weighted by molar-refractivity contribution is 9.10. The first-order valence-electron chi connectivity index (χ1n) is 6.55. The molecule has 2 aromatic rings. The van der Waals surface area contributed by atoms with E-state index in [-0.39, 0.29) is 6.04 Å². The minimum atomic E-state index is 0.180. The lowest BCUT2D eigenvalue weighted by atomic mass is 10.1. The molecule has 0 aliphatic heterocycles. The van der Waals surface area contributed by atoms with Gasteiger partial charge in [-0.2, -0.15) is 0 Å². The molecule has 21 heavy (non-hydrogen) atoms. The van der Waals surface area contributed by atoms with Crippen LogP contribution >= 0.6 is 39.1 Å². The molecule has 2 rings (SSSR count). The lowest BCUT2D eigenvalue weighted by Gasteiger charge is -2.17. The van der Waals surface area contributed by atoms with E-state index in [0.717, 1.165) is 21.3 Å². The molecule has 0 aromatic heterocycles. The van der Waals surface area contributed by atoms with Crippen LogP contribution in [0.3, 0.4) is 0 Å². The van der Waals surface area contributed by atoms with Crippen LogP contribution in [0.15, 0.2) is 40.9 Å². The summed E-state index contributed by atoms with van der Waals surface area (Å²) in [6.45, 7) is 2.42. The van der Waals surface area contributed by atoms with Crippen LogP contribution in [0.2, 0.25) is 10.0 Å². The van der Waals surface area contributed by atoms with Gasteiger partial charge in [0.25, 0.3) is 0 Å². The fraction of sp³-hybridized carbons (Fsp3) is 0.250. The molecule has 0 heterocycles. The molecule has 0 spiro atoms. The minimum absolute atomic E-state index is 0.180. The molecule has 112 valence electrons. The van der Waals surface area contributed by atoms with Crippen LogP contribution in [0.4, 0.5) is 0 Å². The number of ether oxygens (including phenoxy) is 1. The molecule has 1 atom stereocenters. The van der Waals surface area contributed by atoms with Gasteiger partial charge < -0.3 is 10.1 Å². The van der Waals surface area contributed by atoms with Gasteiger partial charge in [0.05, 0.1) is 0 Å². The third kappa shape index (κ3) is 4.13. The fourth-order valence-corrected chi connectivity index (χ4v) is 2.85. The van der Waals surface area contributed by atoms with Gasteiger partial charge in [0.1, 0.15) is 12.4 Å². The lowest BCUT2D eigenvalue weighted by Crippen LogP contribution is -2.14. The summed E-state index contributed by atoms with van der Waals surface area (Å²) in [6.07, 6.45) is 0. The standard InChI is InChI=1S/C16H16BrCl2NO/c1-10(20-2)12-8-11(17)6-7-16(12)21-9-13-14(18)4-3-5-15(13)19/h3-8,10,20H,9H2,1-2H3. The Bertz CT molecular complexity index is 613. The summed E-state index contributed by atoms with van der Waals surface area (Å²) in [4.78, 5) is 0. The quantitative estimate of drug-likeness (QED) is 0.718. The zero-order valence-electron chi connectivity index (χ0n) is 11.8. The van der Waals surface area contributed by atoms with E-state index in [2.05, 4.69) is 28.2 Å². The monoisotopic (exact) mass is 387 g/mol. The number of rotatable bonds is 5. The van der Waals surface area contributed by atoms with Crippen molar-refractivity contribution >= 4 is 39.1 Å². The van der Waals surface area contributed by atoms with Crippen LogP contribution in [-0.2, 0) is 6.61 Å². The molecule has 2 nitrogen and oxygen atoms in total. The second-order valence-electron chi connectivity index (χ2n) is 4.68. The van der Waals surface area contributed by atoms with E-state index in [1.807, 2.05) is 43.4 Å². The van der Waals surface area contributed by atoms with Gasteiger partial charge in [0.15, 0.2) is 0 Å². The van der Waals surface area contributed by atoms with Gasteiger partial charge in [0.2, 0.25) is 0 Å². The normalized spacial score (nSPS) is 12.2. The average Bonchev–Trinajstić information content (AvgIpc) is 2.47. The van der Waals surface area contributed by atoms with E-state index >= 15 is 0 Å². The Morgan fingerprint density at radius 3 is 2.48 bits per heavy atom. The maximum atomic E-state index is 6.17. The minimum Gasteiger partial charge on any atom is -0.488 e. The maximum Gasteiger partial charge on any atom is 0.124 e. The Morgan fingerprint density at radius 1 is 1.19 bits per heavy atom. The summed E-state index contributed by atoms with van der Waals surface area (Å²) in [6, 6.07) is 11.6. The molecular weight excluding hydrogens is 373 g/mol. The van der Waals surface area contributed by atoms with Gasteiger partial charge in [-0.05, 0) is 44.3 Å². The lowest BCUT2D eigenvalue weighted by molar-refractivity contribution is 0.300. The molecule has 0 aliphatic rings. The van der Waals surface area contributed by atoms with Gasteiger partial charge in [-0.15, -0.1) is 0 Å². The smallest absolute Gasteiger partial charge is 0.124 e. The number of halogens is 3. The number of nitrogens with one attached hydrogen (secondary N) is 1. The molecule has 0 amide bonds. The van der Waals surface area contributed by atoms with Gasteiger partial charge in [0, 0.05) is 31.7 Å². The van der Waals surface area contributed by atoms with Crippen LogP contribution in [0.1, 0.15) is 24.1 Å². The van der Waals surface area contributed by atoms with Crippen LogP contribution in [0, 0.1) is 0 Å².